The van der Waals surface area contributed by atoms with Gasteiger partial charge in [0.05, 0.1) is 22.5 Å². The van der Waals surface area contributed by atoms with E-state index in [1.54, 1.807) is 11.3 Å². The Bertz CT molecular complexity index is 803. The molecule has 0 spiro atoms. The first-order valence-electron chi connectivity index (χ1n) is 6.27. The topological polar surface area (TPSA) is 29.9 Å². The number of halogens is 1. The van der Waals surface area contributed by atoms with E-state index in [0.717, 1.165) is 31.9 Å². The number of ether oxygens (including phenoxy) is 1. The van der Waals surface area contributed by atoms with Gasteiger partial charge in [0.2, 0.25) is 0 Å². The summed E-state index contributed by atoms with van der Waals surface area (Å²) in [5.74, 6) is 0.849. The number of para-hydroxylation sites is 1. The van der Waals surface area contributed by atoms with Crippen molar-refractivity contribution in [1.29, 1.82) is 0 Å². The molecule has 104 valence electrons. The predicted molar refractivity (Wildman–Crippen MR) is 89.4 cm³/mol. The van der Waals surface area contributed by atoms with E-state index in [1.807, 2.05) is 19.1 Å². The Balaban J connectivity index is 2.09. The summed E-state index contributed by atoms with van der Waals surface area (Å²) >= 11 is 10.7. The van der Waals surface area contributed by atoms with E-state index >= 15 is 0 Å². The predicted octanol–water partition coefficient (Wildman–Crippen LogP) is 4.97. The van der Waals surface area contributed by atoms with Crippen LogP contribution in [0.15, 0.2) is 34.1 Å². The Morgan fingerprint density at radius 1 is 1.35 bits per heavy atom. The van der Waals surface area contributed by atoms with Crippen LogP contribution in [0, 0.1) is 4.77 Å². The van der Waals surface area contributed by atoms with Gasteiger partial charge in [0.25, 0.3) is 0 Å². The highest BCUT2D eigenvalue weighted by molar-refractivity contribution is 9.11. The van der Waals surface area contributed by atoms with Crippen molar-refractivity contribution in [1.82, 2.24) is 9.55 Å². The number of fused-ring (bicyclic) bond motifs is 1. The molecule has 3 nitrogen and oxygen atoms in total. The van der Waals surface area contributed by atoms with Gasteiger partial charge < -0.3 is 14.3 Å². The van der Waals surface area contributed by atoms with E-state index in [2.05, 4.69) is 43.7 Å². The Morgan fingerprint density at radius 3 is 2.90 bits per heavy atom. The maximum absolute atomic E-state index is 5.65. The molecule has 0 atom stereocenters. The van der Waals surface area contributed by atoms with Crippen LogP contribution in [-0.4, -0.2) is 16.2 Å². The summed E-state index contributed by atoms with van der Waals surface area (Å²) in [7, 11) is 0. The lowest BCUT2D eigenvalue weighted by Gasteiger charge is -2.05. The highest BCUT2D eigenvalue weighted by atomic mass is 79.9. The largest absolute Gasteiger partial charge is 0.492 e. The first-order valence-corrected chi connectivity index (χ1v) is 8.29. The number of hydrogen-bond donors (Lipinski definition) is 1. The molecule has 0 saturated carbocycles. The molecule has 6 heteroatoms. The number of aromatic nitrogens is 2. The van der Waals surface area contributed by atoms with Crippen LogP contribution in [0.5, 0.6) is 5.75 Å². The molecule has 0 fully saturated rings. The van der Waals surface area contributed by atoms with Crippen LogP contribution in [-0.2, 0) is 6.54 Å². The van der Waals surface area contributed by atoms with Gasteiger partial charge in [-0.3, -0.25) is 0 Å². The molecule has 3 aromatic rings. The maximum Gasteiger partial charge on any atom is 0.178 e. The second-order valence-electron chi connectivity index (χ2n) is 4.31. The first kappa shape index (κ1) is 13.9. The lowest BCUT2D eigenvalue weighted by atomic mass is 10.3. The number of nitrogens with one attached hydrogen (secondary N) is 1. The summed E-state index contributed by atoms with van der Waals surface area (Å²) in [5, 5.41) is 0. The van der Waals surface area contributed by atoms with Gasteiger partial charge in [-0.2, -0.15) is 0 Å². The van der Waals surface area contributed by atoms with Crippen molar-refractivity contribution in [2.45, 2.75) is 13.5 Å². The molecular weight excluding hydrogens is 356 g/mol. The molecule has 0 bridgehead atoms. The van der Waals surface area contributed by atoms with Crippen molar-refractivity contribution < 1.29 is 4.74 Å². The van der Waals surface area contributed by atoms with Crippen LogP contribution in [0.25, 0.3) is 11.0 Å². The fraction of sp³-hybridized carbons (Fsp3) is 0.214. The van der Waals surface area contributed by atoms with Crippen LogP contribution >= 0.6 is 39.5 Å². The normalized spacial score (nSPS) is 11.1. The summed E-state index contributed by atoms with van der Waals surface area (Å²) in [5.41, 5.74) is 2.04. The Labute approximate surface area is 134 Å². The first-order chi connectivity index (χ1) is 9.69. The third-order valence-electron chi connectivity index (χ3n) is 3.01. The van der Waals surface area contributed by atoms with Crippen molar-refractivity contribution in [3.8, 4) is 5.75 Å². The summed E-state index contributed by atoms with van der Waals surface area (Å²) in [4.78, 5) is 4.51. The minimum Gasteiger partial charge on any atom is -0.492 e. The summed E-state index contributed by atoms with van der Waals surface area (Å²) in [6, 6.07) is 10.2. The van der Waals surface area contributed by atoms with Crippen LogP contribution in [0.4, 0.5) is 0 Å². The molecule has 3 rings (SSSR count). The monoisotopic (exact) mass is 368 g/mol. The van der Waals surface area contributed by atoms with Crippen molar-refractivity contribution in [2.24, 2.45) is 0 Å². The fourth-order valence-electron chi connectivity index (χ4n) is 2.18. The third-order valence-corrected chi connectivity index (χ3v) is 4.95. The van der Waals surface area contributed by atoms with Crippen LogP contribution in [0.2, 0.25) is 0 Å². The molecule has 0 unspecified atom stereocenters. The Hall–Kier alpha value is -1.11. The number of hydrogen-bond acceptors (Lipinski definition) is 3. The summed E-state index contributed by atoms with van der Waals surface area (Å²) in [6.07, 6.45) is 0. The standard InChI is InChI=1S/C14H13BrN2OS2/c1-2-18-11-5-3-4-10-13(11)16-14(19)17(10)8-9-6-7-12(15)20-9/h3-7H,2,8H2,1H3,(H,16,19). The molecule has 0 radical (unpaired) electrons. The van der Waals surface area contributed by atoms with E-state index in [0.29, 0.717) is 6.61 Å². The molecule has 0 aliphatic carbocycles. The quantitative estimate of drug-likeness (QED) is 0.658. The van der Waals surface area contributed by atoms with E-state index in [-0.39, 0.29) is 0 Å². The van der Waals surface area contributed by atoms with Gasteiger partial charge in [-0.05, 0) is 59.3 Å². The number of aromatic amines is 1. The average Bonchev–Trinajstić information content (AvgIpc) is 2.97. The zero-order valence-corrected chi connectivity index (χ0v) is 14.1. The zero-order chi connectivity index (χ0) is 14.1. The van der Waals surface area contributed by atoms with Gasteiger partial charge in [-0.25, -0.2) is 0 Å². The van der Waals surface area contributed by atoms with E-state index in [1.165, 1.54) is 4.88 Å². The van der Waals surface area contributed by atoms with Crippen LogP contribution in [0.1, 0.15) is 11.8 Å². The number of nitrogens with zero attached hydrogens (tertiary/aromatic N) is 1. The van der Waals surface area contributed by atoms with Gasteiger partial charge >= 0.3 is 0 Å². The molecule has 0 aliphatic rings. The molecular formula is C14H13BrN2OS2. The summed E-state index contributed by atoms with van der Waals surface area (Å²) < 4.78 is 9.60. The number of thiophene rings is 1. The van der Waals surface area contributed by atoms with E-state index in [9.17, 15) is 0 Å². The fourth-order valence-corrected chi connectivity index (χ4v) is 3.92. The molecule has 2 heterocycles. The lowest BCUT2D eigenvalue weighted by molar-refractivity contribution is 0.343. The number of imidazole rings is 1. The van der Waals surface area contributed by atoms with E-state index in [4.69, 9.17) is 17.0 Å². The highest BCUT2D eigenvalue weighted by Gasteiger charge is 2.10. The Kier molecular flexibility index (Phi) is 3.96. The van der Waals surface area contributed by atoms with Gasteiger partial charge in [-0.1, -0.05) is 6.07 Å². The molecule has 2 aromatic heterocycles. The van der Waals surface area contributed by atoms with Crippen molar-refractivity contribution in [3.05, 3.63) is 43.8 Å². The molecule has 1 N–H and O–H groups in total. The zero-order valence-electron chi connectivity index (χ0n) is 10.9. The molecule has 0 aliphatic heterocycles. The highest BCUT2D eigenvalue weighted by Crippen LogP contribution is 2.28. The van der Waals surface area contributed by atoms with Crippen molar-refractivity contribution >= 4 is 50.5 Å². The second-order valence-corrected chi connectivity index (χ2v) is 7.24. The van der Waals surface area contributed by atoms with Crippen molar-refractivity contribution in [2.75, 3.05) is 6.61 Å². The second kappa shape index (κ2) is 5.71. The Morgan fingerprint density at radius 2 is 2.20 bits per heavy atom. The maximum atomic E-state index is 5.65. The van der Waals surface area contributed by atoms with Gasteiger partial charge in [0.15, 0.2) is 4.77 Å². The average molecular weight is 369 g/mol. The third kappa shape index (κ3) is 2.55. The smallest absolute Gasteiger partial charge is 0.178 e. The van der Waals surface area contributed by atoms with Crippen LogP contribution in [0.3, 0.4) is 0 Å². The molecule has 0 saturated heterocycles. The van der Waals surface area contributed by atoms with Gasteiger partial charge in [-0.15, -0.1) is 11.3 Å². The van der Waals surface area contributed by atoms with Gasteiger partial charge in [0, 0.05) is 4.88 Å². The van der Waals surface area contributed by atoms with Crippen molar-refractivity contribution in [3.63, 3.8) is 0 Å². The number of benzene rings is 1. The van der Waals surface area contributed by atoms with E-state index < -0.39 is 0 Å². The summed E-state index contributed by atoms with van der Waals surface area (Å²) in [6.45, 7) is 3.39. The molecule has 0 amide bonds. The minimum absolute atomic E-state index is 0.642. The SMILES string of the molecule is CCOc1cccc2c1[nH]c(=S)n2Cc1ccc(Br)s1. The van der Waals surface area contributed by atoms with Gasteiger partial charge in [0.1, 0.15) is 11.3 Å². The molecule has 1 aromatic carbocycles. The molecule has 20 heavy (non-hydrogen) atoms. The van der Waals surface area contributed by atoms with Crippen LogP contribution < -0.4 is 4.74 Å². The minimum atomic E-state index is 0.642. The number of H-pyrrole nitrogens is 1. The lowest BCUT2D eigenvalue weighted by Crippen LogP contribution is -1.97. The number of rotatable bonds is 4.